The first-order chi connectivity index (χ1) is 28.5. The lowest BCUT2D eigenvalue weighted by Crippen LogP contribution is -2.14. The van der Waals surface area contributed by atoms with Crippen LogP contribution < -0.4 is 0 Å². The molecule has 0 unspecified atom stereocenters. The van der Waals surface area contributed by atoms with Gasteiger partial charge in [-0.3, -0.25) is 0 Å². The SMILES string of the molecule is CC1(C)c2ccccc2-c2c(-c3cccc(-n4c5ccccc5c5ccc(-c6cccc(-c7ccc8c9ccccc9c9ccccc9c8c7)c6)cc54)c3)cccc21. The van der Waals surface area contributed by atoms with E-state index in [9.17, 15) is 0 Å². The standard InChI is InChI=1S/C57H39N/c1-57(2)52-25-9-7-23-50(52)56-42(24-13-26-53(56)57)40-16-12-17-41(33-40)58-54-27-10-8-22-48(54)49-31-29-39(35-55(49)58)37-15-11-14-36(32-37)38-28-30-47-45-20-4-3-18-43(45)44-19-5-6-21-46(44)51(47)34-38/h3-35H,1-2H3. The van der Waals surface area contributed by atoms with Crippen LogP contribution in [0.3, 0.4) is 0 Å². The van der Waals surface area contributed by atoms with E-state index in [1.165, 1.54) is 110 Å². The van der Waals surface area contributed by atoms with Gasteiger partial charge >= 0.3 is 0 Å². The second kappa shape index (κ2) is 12.4. The van der Waals surface area contributed by atoms with Gasteiger partial charge in [0.1, 0.15) is 0 Å². The van der Waals surface area contributed by atoms with Gasteiger partial charge in [-0.1, -0.05) is 178 Å². The maximum absolute atomic E-state index is 2.46. The number of rotatable bonds is 4. The maximum atomic E-state index is 2.46. The van der Waals surface area contributed by atoms with Crippen LogP contribution in [-0.2, 0) is 5.41 Å². The summed E-state index contributed by atoms with van der Waals surface area (Å²) >= 11 is 0. The van der Waals surface area contributed by atoms with Crippen LogP contribution in [0.25, 0.3) is 104 Å². The van der Waals surface area contributed by atoms with Crippen molar-refractivity contribution in [3.05, 3.63) is 211 Å². The maximum Gasteiger partial charge on any atom is 0.0547 e. The van der Waals surface area contributed by atoms with Crippen LogP contribution in [0.5, 0.6) is 0 Å². The van der Waals surface area contributed by atoms with E-state index in [2.05, 4.69) is 219 Å². The summed E-state index contributed by atoms with van der Waals surface area (Å²) in [7, 11) is 0. The van der Waals surface area contributed by atoms with E-state index in [4.69, 9.17) is 0 Å². The van der Waals surface area contributed by atoms with E-state index in [0.29, 0.717) is 0 Å². The zero-order valence-corrected chi connectivity index (χ0v) is 32.5. The highest BCUT2D eigenvalue weighted by Gasteiger charge is 2.36. The van der Waals surface area contributed by atoms with Crippen molar-refractivity contribution >= 4 is 54.1 Å². The minimum absolute atomic E-state index is 0.0440. The second-order valence-corrected chi connectivity index (χ2v) is 16.5. The molecular weight excluding hydrogens is 699 g/mol. The average molecular weight is 738 g/mol. The minimum atomic E-state index is -0.0440. The van der Waals surface area contributed by atoms with Crippen molar-refractivity contribution in [2.45, 2.75) is 19.3 Å². The molecule has 0 saturated carbocycles. The molecular formula is C57H39N. The molecule has 0 aliphatic heterocycles. The van der Waals surface area contributed by atoms with Crippen LogP contribution in [0.2, 0.25) is 0 Å². The molecule has 1 aliphatic carbocycles. The number of nitrogens with zero attached hydrogens (tertiary/aromatic N) is 1. The zero-order chi connectivity index (χ0) is 38.5. The van der Waals surface area contributed by atoms with Crippen LogP contribution in [0.4, 0.5) is 0 Å². The normalized spacial score (nSPS) is 13.1. The molecule has 0 atom stereocenters. The molecule has 0 N–H and O–H groups in total. The molecule has 1 aromatic heterocycles. The summed E-state index contributed by atoms with van der Waals surface area (Å²) in [6.07, 6.45) is 0. The fourth-order valence-corrected chi connectivity index (χ4v) is 10.2. The summed E-state index contributed by atoms with van der Waals surface area (Å²) in [4.78, 5) is 0. The van der Waals surface area contributed by atoms with Gasteiger partial charge in [0.25, 0.3) is 0 Å². The zero-order valence-electron chi connectivity index (χ0n) is 32.5. The number of benzene rings is 10. The van der Waals surface area contributed by atoms with Crippen molar-refractivity contribution in [2.75, 3.05) is 0 Å². The van der Waals surface area contributed by atoms with Gasteiger partial charge in [0.05, 0.1) is 11.0 Å². The Kier molecular flexibility index (Phi) is 7.04. The third-order valence-corrected chi connectivity index (χ3v) is 13.0. The summed E-state index contributed by atoms with van der Waals surface area (Å²) in [6.45, 7) is 4.71. The number of hydrogen-bond acceptors (Lipinski definition) is 0. The summed E-state index contributed by atoms with van der Waals surface area (Å²) in [5, 5.41) is 10.3. The molecule has 10 aromatic carbocycles. The smallest absolute Gasteiger partial charge is 0.0547 e. The van der Waals surface area contributed by atoms with Gasteiger partial charge in [0.2, 0.25) is 0 Å². The number of hydrogen-bond donors (Lipinski definition) is 0. The Balaban J connectivity index is 0.997. The molecule has 12 rings (SSSR count). The third-order valence-electron chi connectivity index (χ3n) is 13.0. The highest BCUT2D eigenvalue weighted by atomic mass is 15.0. The molecule has 1 heteroatoms. The Morgan fingerprint density at radius 3 is 1.57 bits per heavy atom. The van der Waals surface area contributed by atoms with Gasteiger partial charge in [0.15, 0.2) is 0 Å². The molecule has 0 amide bonds. The summed E-state index contributed by atoms with van der Waals surface area (Å²) < 4.78 is 2.46. The molecule has 0 saturated heterocycles. The summed E-state index contributed by atoms with van der Waals surface area (Å²) in [5.41, 5.74) is 16.4. The highest BCUT2D eigenvalue weighted by molar-refractivity contribution is 6.25. The number of para-hydroxylation sites is 1. The Bertz CT molecular complexity index is 3450. The third kappa shape index (κ3) is 4.77. The molecule has 0 fully saturated rings. The topological polar surface area (TPSA) is 4.93 Å². The van der Waals surface area contributed by atoms with Crippen LogP contribution in [0, 0.1) is 0 Å². The van der Waals surface area contributed by atoms with Crippen molar-refractivity contribution in [3.63, 3.8) is 0 Å². The first-order valence-corrected chi connectivity index (χ1v) is 20.3. The van der Waals surface area contributed by atoms with Gasteiger partial charge in [0, 0.05) is 21.9 Å². The fourth-order valence-electron chi connectivity index (χ4n) is 10.2. The quantitative estimate of drug-likeness (QED) is 0.159. The van der Waals surface area contributed by atoms with Crippen molar-refractivity contribution in [3.8, 4) is 50.2 Å². The van der Waals surface area contributed by atoms with Crippen molar-refractivity contribution in [1.29, 1.82) is 0 Å². The summed E-state index contributed by atoms with van der Waals surface area (Å²) in [6, 6.07) is 74.4. The Labute approximate surface area is 338 Å². The van der Waals surface area contributed by atoms with Crippen LogP contribution in [0.1, 0.15) is 25.0 Å². The number of aromatic nitrogens is 1. The van der Waals surface area contributed by atoms with Crippen LogP contribution >= 0.6 is 0 Å². The largest absolute Gasteiger partial charge is 0.309 e. The van der Waals surface area contributed by atoms with Crippen LogP contribution in [-0.4, -0.2) is 4.57 Å². The van der Waals surface area contributed by atoms with Gasteiger partial charge in [-0.15, -0.1) is 0 Å². The molecule has 11 aromatic rings. The molecule has 0 spiro atoms. The van der Waals surface area contributed by atoms with Crippen molar-refractivity contribution < 1.29 is 0 Å². The fraction of sp³-hybridized carbons (Fsp3) is 0.0526. The monoisotopic (exact) mass is 737 g/mol. The second-order valence-electron chi connectivity index (χ2n) is 16.5. The van der Waals surface area contributed by atoms with E-state index in [1.807, 2.05) is 0 Å². The first kappa shape index (κ1) is 33.0. The average Bonchev–Trinajstić information content (AvgIpc) is 3.74. The molecule has 58 heavy (non-hydrogen) atoms. The van der Waals surface area contributed by atoms with E-state index >= 15 is 0 Å². The van der Waals surface area contributed by atoms with E-state index < -0.39 is 0 Å². The highest BCUT2D eigenvalue weighted by Crippen LogP contribution is 2.52. The van der Waals surface area contributed by atoms with Gasteiger partial charge < -0.3 is 4.57 Å². The van der Waals surface area contributed by atoms with Gasteiger partial charge in [-0.05, 0) is 124 Å². The Morgan fingerprint density at radius 1 is 0.310 bits per heavy atom. The van der Waals surface area contributed by atoms with Crippen LogP contribution in [0.15, 0.2) is 200 Å². The molecule has 1 heterocycles. The minimum Gasteiger partial charge on any atom is -0.309 e. The molecule has 1 nitrogen and oxygen atoms in total. The molecule has 0 bridgehead atoms. The lowest BCUT2D eigenvalue weighted by atomic mass is 9.82. The van der Waals surface area contributed by atoms with E-state index in [-0.39, 0.29) is 5.41 Å². The predicted octanol–water partition coefficient (Wildman–Crippen LogP) is 15.6. The van der Waals surface area contributed by atoms with Gasteiger partial charge in [-0.25, -0.2) is 0 Å². The van der Waals surface area contributed by atoms with Gasteiger partial charge in [-0.2, -0.15) is 0 Å². The van der Waals surface area contributed by atoms with E-state index in [0.717, 1.165) is 5.69 Å². The van der Waals surface area contributed by atoms with Crippen molar-refractivity contribution in [1.82, 2.24) is 4.57 Å². The number of fused-ring (bicyclic) bond motifs is 12. The summed E-state index contributed by atoms with van der Waals surface area (Å²) in [5.74, 6) is 0. The predicted molar refractivity (Wildman–Crippen MR) is 247 cm³/mol. The Morgan fingerprint density at radius 2 is 0.810 bits per heavy atom. The van der Waals surface area contributed by atoms with Crippen molar-refractivity contribution in [2.24, 2.45) is 0 Å². The Hall–Kier alpha value is -7.22. The first-order valence-electron chi connectivity index (χ1n) is 20.3. The lowest BCUT2D eigenvalue weighted by Gasteiger charge is -2.21. The van der Waals surface area contributed by atoms with E-state index in [1.54, 1.807) is 0 Å². The molecule has 0 radical (unpaired) electrons. The lowest BCUT2D eigenvalue weighted by molar-refractivity contribution is 0.660. The molecule has 272 valence electrons. The molecule has 1 aliphatic rings.